The minimum atomic E-state index is -1.06. The highest BCUT2D eigenvalue weighted by atomic mass is 16.3. The van der Waals surface area contributed by atoms with E-state index >= 15 is 0 Å². The average molecular weight is 419 g/mol. The molecule has 0 heterocycles. The molecule has 7 unspecified atom stereocenters. The van der Waals surface area contributed by atoms with Gasteiger partial charge in [-0.25, -0.2) is 0 Å². The fourth-order valence-corrected chi connectivity index (χ4v) is 7.23. The number of rotatable bonds is 7. The highest BCUT2D eigenvalue weighted by Crippen LogP contribution is 2.62. The maximum absolute atomic E-state index is 11.8. The van der Waals surface area contributed by atoms with Gasteiger partial charge in [-0.15, -0.1) is 0 Å². The summed E-state index contributed by atoms with van der Waals surface area (Å²) in [5.41, 5.74) is 0.991. The molecule has 30 heavy (non-hydrogen) atoms. The van der Waals surface area contributed by atoms with E-state index in [1.54, 1.807) is 0 Å². The van der Waals surface area contributed by atoms with Crippen LogP contribution in [0.3, 0.4) is 0 Å². The van der Waals surface area contributed by atoms with Crippen LogP contribution >= 0.6 is 0 Å². The molecule has 0 bridgehead atoms. The number of aliphatic hydroxyl groups excluding tert-OH is 2. The van der Waals surface area contributed by atoms with Gasteiger partial charge < -0.3 is 15.3 Å². The zero-order valence-corrected chi connectivity index (χ0v) is 19.9. The summed E-state index contributed by atoms with van der Waals surface area (Å²) in [4.78, 5) is 0. The van der Waals surface area contributed by atoms with Gasteiger partial charge in [0.15, 0.2) is 0 Å². The first-order valence-corrected chi connectivity index (χ1v) is 12.5. The largest absolute Gasteiger partial charge is 0.393 e. The van der Waals surface area contributed by atoms with Gasteiger partial charge in [0.1, 0.15) is 6.10 Å². The topological polar surface area (TPSA) is 60.7 Å². The Morgan fingerprint density at radius 2 is 1.87 bits per heavy atom. The predicted octanol–water partition coefficient (Wildman–Crippen LogP) is 5.78. The molecular formula is C27H46O3. The molecule has 3 rings (SSSR count). The Balaban J connectivity index is 1.75. The summed E-state index contributed by atoms with van der Waals surface area (Å²) in [7, 11) is 0. The van der Waals surface area contributed by atoms with Gasteiger partial charge in [-0.05, 0) is 92.1 Å². The Morgan fingerprint density at radius 1 is 1.13 bits per heavy atom. The van der Waals surface area contributed by atoms with Crippen molar-refractivity contribution >= 4 is 0 Å². The fraction of sp³-hybridized carbons (Fsp3) is 0.852. The van der Waals surface area contributed by atoms with Gasteiger partial charge in [-0.1, -0.05) is 59.1 Å². The van der Waals surface area contributed by atoms with Crippen LogP contribution in [0.2, 0.25) is 0 Å². The lowest BCUT2D eigenvalue weighted by Gasteiger charge is -2.52. The van der Waals surface area contributed by atoms with Gasteiger partial charge in [0.25, 0.3) is 0 Å². The monoisotopic (exact) mass is 418 g/mol. The van der Waals surface area contributed by atoms with Crippen molar-refractivity contribution in [3.8, 4) is 0 Å². The zero-order chi connectivity index (χ0) is 22.1. The van der Waals surface area contributed by atoms with E-state index in [0.717, 1.165) is 49.2 Å². The van der Waals surface area contributed by atoms with Crippen molar-refractivity contribution in [2.45, 2.75) is 116 Å². The van der Waals surface area contributed by atoms with Gasteiger partial charge in [-0.3, -0.25) is 0 Å². The van der Waals surface area contributed by atoms with Crippen LogP contribution in [0.4, 0.5) is 0 Å². The van der Waals surface area contributed by atoms with Crippen molar-refractivity contribution in [3.63, 3.8) is 0 Å². The minimum absolute atomic E-state index is 0.104. The molecule has 172 valence electrons. The number of hydrogen-bond acceptors (Lipinski definition) is 3. The summed E-state index contributed by atoms with van der Waals surface area (Å²) in [5, 5.41) is 33.1. The molecule has 0 radical (unpaired) electrons. The van der Waals surface area contributed by atoms with Crippen LogP contribution in [0, 0.1) is 29.1 Å². The van der Waals surface area contributed by atoms with E-state index < -0.39 is 11.7 Å². The van der Waals surface area contributed by atoms with Crippen LogP contribution in [0.1, 0.15) is 98.3 Å². The average Bonchev–Trinajstić information content (AvgIpc) is 3.03. The molecule has 3 N–H and O–H groups in total. The predicted molar refractivity (Wildman–Crippen MR) is 124 cm³/mol. The second-order valence-corrected chi connectivity index (χ2v) is 11.5. The smallest absolute Gasteiger partial charge is 0.102 e. The van der Waals surface area contributed by atoms with E-state index in [0.29, 0.717) is 24.7 Å². The van der Waals surface area contributed by atoms with Crippen LogP contribution in [0.25, 0.3) is 0 Å². The summed E-state index contributed by atoms with van der Waals surface area (Å²) in [6, 6.07) is 0. The normalized spacial score (nSPS) is 40.6. The molecule has 7 atom stereocenters. The van der Waals surface area contributed by atoms with Gasteiger partial charge in [-0.2, -0.15) is 0 Å². The third kappa shape index (κ3) is 4.74. The summed E-state index contributed by atoms with van der Waals surface area (Å²) in [6.07, 6.45) is 11.5. The third-order valence-electron chi connectivity index (χ3n) is 8.99. The lowest BCUT2D eigenvalue weighted by Crippen LogP contribution is -2.56. The van der Waals surface area contributed by atoms with E-state index in [-0.39, 0.29) is 17.4 Å². The molecule has 0 spiro atoms. The third-order valence-corrected chi connectivity index (χ3v) is 8.99. The van der Waals surface area contributed by atoms with Crippen molar-refractivity contribution in [3.05, 3.63) is 23.8 Å². The molecule has 0 aromatic rings. The zero-order valence-electron chi connectivity index (χ0n) is 19.9. The quantitative estimate of drug-likeness (QED) is 0.491. The van der Waals surface area contributed by atoms with Crippen molar-refractivity contribution < 1.29 is 15.3 Å². The standard InChI is InChI=1S/C27H46O3/c1-18(2)8-6-9-20(4)23-12-13-24-26(23,5)14-7-15-27(24,30)25(29)17-21-16-22(28)11-10-19(21)3/h17-18,20,22-25,28-30H,3,6-16H2,1-2,4-5H3/b21-17+. The lowest BCUT2D eigenvalue weighted by molar-refractivity contribution is -0.157. The van der Waals surface area contributed by atoms with Crippen molar-refractivity contribution in [1.82, 2.24) is 0 Å². The maximum atomic E-state index is 11.8. The maximum Gasteiger partial charge on any atom is 0.102 e. The van der Waals surface area contributed by atoms with Gasteiger partial charge in [0, 0.05) is 0 Å². The second kappa shape index (κ2) is 9.46. The summed E-state index contributed by atoms with van der Waals surface area (Å²) in [5.74, 6) is 2.21. The summed E-state index contributed by atoms with van der Waals surface area (Å²) < 4.78 is 0. The van der Waals surface area contributed by atoms with Gasteiger partial charge in [0.2, 0.25) is 0 Å². The van der Waals surface area contributed by atoms with E-state index in [9.17, 15) is 15.3 Å². The lowest BCUT2D eigenvalue weighted by atomic mass is 9.56. The Labute approximate surface area is 184 Å². The number of allylic oxidation sites excluding steroid dienone is 1. The minimum Gasteiger partial charge on any atom is -0.393 e. The number of fused-ring (bicyclic) bond motifs is 1. The molecular weight excluding hydrogens is 372 g/mol. The van der Waals surface area contributed by atoms with Crippen molar-refractivity contribution in [2.75, 3.05) is 0 Å². The first kappa shape index (κ1) is 24.0. The van der Waals surface area contributed by atoms with Crippen molar-refractivity contribution in [2.24, 2.45) is 29.1 Å². The molecule has 0 saturated heterocycles. The first-order chi connectivity index (χ1) is 14.1. The summed E-state index contributed by atoms with van der Waals surface area (Å²) in [6.45, 7) is 13.5. The molecule has 3 heteroatoms. The Bertz CT molecular complexity index is 638. The Morgan fingerprint density at radius 3 is 2.57 bits per heavy atom. The first-order valence-electron chi connectivity index (χ1n) is 12.5. The number of aliphatic hydroxyl groups is 3. The second-order valence-electron chi connectivity index (χ2n) is 11.5. The molecule has 0 aliphatic heterocycles. The summed E-state index contributed by atoms with van der Waals surface area (Å²) >= 11 is 0. The molecule has 3 saturated carbocycles. The highest BCUT2D eigenvalue weighted by Gasteiger charge is 2.59. The molecule has 3 aliphatic rings. The molecule has 3 nitrogen and oxygen atoms in total. The van der Waals surface area contributed by atoms with Gasteiger partial charge >= 0.3 is 0 Å². The van der Waals surface area contributed by atoms with Crippen LogP contribution in [0.15, 0.2) is 23.8 Å². The Hall–Kier alpha value is -0.640. The van der Waals surface area contributed by atoms with E-state index in [2.05, 4.69) is 34.3 Å². The van der Waals surface area contributed by atoms with Crippen LogP contribution in [-0.4, -0.2) is 33.1 Å². The Kier molecular flexibility index (Phi) is 7.58. The van der Waals surface area contributed by atoms with Crippen LogP contribution in [-0.2, 0) is 0 Å². The molecule has 0 amide bonds. The van der Waals surface area contributed by atoms with Crippen LogP contribution < -0.4 is 0 Å². The highest BCUT2D eigenvalue weighted by molar-refractivity contribution is 5.33. The molecule has 0 aromatic carbocycles. The molecule has 3 fully saturated rings. The molecule has 3 aliphatic carbocycles. The van der Waals surface area contributed by atoms with Gasteiger partial charge in [0.05, 0.1) is 11.7 Å². The number of hydrogen-bond donors (Lipinski definition) is 3. The van der Waals surface area contributed by atoms with E-state index in [1.165, 1.54) is 25.7 Å². The fourth-order valence-electron chi connectivity index (χ4n) is 7.23. The van der Waals surface area contributed by atoms with Crippen molar-refractivity contribution in [1.29, 1.82) is 0 Å². The van der Waals surface area contributed by atoms with Crippen LogP contribution in [0.5, 0.6) is 0 Å². The SMILES string of the molecule is C=C1CCC(O)C/C1=C\C(O)C1(O)CCCC2(C)C(C(C)CCCC(C)C)CCC21. The van der Waals surface area contributed by atoms with E-state index in [1.807, 2.05) is 6.08 Å². The van der Waals surface area contributed by atoms with E-state index in [4.69, 9.17) is 0 Å². The molecule has 0 aromatic heterocycles.